The van der Waals surface area contributed by atoms with Crippen LogP contribution < -0.4 is 0 Å². The van der Waals surface area contributed by atoms with Gasteiger partial charge in [-0.2, -0.15) is 43.9 Å². The number of carbonyl (C=O) groups excluding carboxylic acids is 2. The summed E-state index contributed by atoms with van der Waals surface area (Å²) >= 11 is 0. The van der Waals surface area contributed by atoms with Crippen molar-refractivity contribution in [1.29, 1.82) is 0 Å². The minimum atomic E-state index is -6.34. The van der Waals surface area contributed by atoms with Crippen molar-refractivity contribution in [3.8, 4) is 0 Å². The third-order valence-corrected chi connectivity index (χ3v) is 3.09. The quantitative estimate of drug-likeness (QED) is 0.398. The molecule has 0 saturated carbocycles. The maximum Gasteiger partial charge on any atom is 0.462 e. The van der Waals surface area contributed by atoms with Gasteiger partial charge in [-0.15, -0.1) is 0 Å². The molecule has 15 heteroatoms. The Labute approximate surface area is 142 Å². The van der Waals surface area contributed by atoms with Crippen molar-refractivity contribution in [2.24, 2.45) is 0 Å². The number of esters is 2. The molecule has 0 aliphatic carbocycles. The minimum absolute atomic E-state index is 0.201. The van der Waals surface area contributed by atoms with Crippen LogP contribution in [0, 0.1) is 0 Å². The number of halogens is 10. The van der Waals surface area contributed by atoms with Gasteiger partial charge in [-0.1, -0.05) is 6.58 Å². The minimum Gasteiger partial charge on any atom is -0.445 e. The highest BCUT2D eigenvalue weighted by atomic mass is 19.4. The van der Waals surface area contributed by atoms with Crippen LogP contribution in [0.3, 0.4) is 0 Å². The maximum absolute atomic E-state index is 14.3. The molecule has 1 aliphatic rings. The normalized spacial score (nSPS) is 27.6. The van der Waals surface area contributed by atoms with Gasteiger partial charge in [0, 0.05) is 6.92 Å². The summed E-state index contributed by atoms with van der Waals surface area (Å²) in [6, 6.07) is 0. The van der Waals surface area contributed by atoms with Crippen molar-refractivity contribution in [2.45, 2.75) is 43.0 Å². The lowest BCUT2D eigenvalue weighted by Crippen LogP contribution is -2.75. The Kier molecular flexibility index (Phi) is 5.55. The Bertz CT molecular complexity index is 637. The summed E-state index contributed by atoms with van der Waals surface area (Å²) in [6.45, 7) is -0.229. The molecule has 1 fully saturated rings. The zero-order valence-electron chi connectivity index (χ0n) is 12.8. The van der Waals surface area contributed by atoms with E-state index in [4.69, 9.17) is 0 Å². The van der Waals surface area contributed by atoms with Gasteiger partial charge in [0.1, 0.15) is 12.2 Å². The SMILES string of the molecule is C=C(C(=O)OC1C(F)(F)COC(OC(C)=O)(C(F)(F)F)C1(F)F)C(F)(F)F. The van der Waals surface area contributed by atoms with Crippen molar-refractivity contribution in [2.75, 3.05) is 6.61 Å². The van der Waals surface area contributed by atoms with Gasteiger partial charge >= 0.3 is 41.9 Å². The molecule has 1 heterocycles. The van der Waals surface area contributed by atoms with Crippen molar-refractivity contribution in [1.82, 2.24) is 0 Å². The predicted molar refractivity (Wildman–Crippen MR) is 61.5 cm³/mol. The second-order valence-electron chi connectivity index (χ2n) is 5.14. The summed E-state index contributed by atoms with van der Waals surface area (Å²) in [6.07, 6.45) is -16.4. The standard InChI is InChI=1S/C12H8F10O5/c1-4(10(17,18)19)6(24)26-7-8(13,14)3-25-11(9(7,15)16,12(20,21)22)27-5(2)23/h7H,1,3H2,2H3. The van der Waals surface area contributed by atoms with Crippen molar-refractivity contribution >= 4 is 11.9 Å². The Morgan fingerprint density at radius 3 is 1.93 bits per heavy atom. The Balaban J connectivity index is 3.45. The first-order valence-electron chi connectivity index (χ1n) is 6.42. The molecule has 2 atom stereocenters. The second kappa shape index (κ2) is 6.53. The first kappa shape index (κ1) is 23.0. The lowest BCUT2D eigenvalue weighted by molar-refractivity contribution is -0.477. The summed E-state index contributed by atoms with van der Waals surface area (Å²) < 4.78 is 142. The smallest absolute Gasteiger partial charge is 0.445 e. The predicted octanol–water partition coefficient (Wildman–Crippen LogP) is 3.14. The number of hydrogen-bond acceptors (Lipinski definition) is 5. The zero-order chi connectivity index (χ0) is 21.6. The van der Waals surface area contributed by atoms with Crippen LogP contribution in [0.15, 0.2) is 12.2 Å². The average molecular weight is 422 g/mol. The molecule has 2 unspecified atom stereocenters. The van der Waals surface area contributed by atoms with Crippen LogP contribution in [0.5, 0.6) is 0 Å². The molecular weight excluding hydrogens is 414 g/mol. The molecule has 5 nitrogen and oxygen atoms in total. The van der Waals surface area contributed by atoms with E-state index in [0.717, 1.165) is 0 Å². The summed E-state index contributed by atoms with van der Waals surface area (Å²) in [4.78, 5) is 22.0. The fourth-order valence-corrected chi connectivity index (χ4v) is 1.89. The van der Waals surface area contributed by atoms with Gasteiger partial charge in [0.15, 0.2) is 0 Å². The molecule has 1 aliphatic heterocycles. The van der Waals surface area contributed by atoms with Gasteiger partial charge in [-0.05, 0) is 0 Å². The third-order valence-electron chi connectivity index (χ3n) is 3.09. The lowest BCUT2D eigenvalue weighted by Gasteiger charge is -2.47. The zero-order valence-corrected chi connectivity index (χ0v) is 12.8. The van der Waals surface area contributed by atoms with Crippen LogP contribution in [0.1, 0.15) is 6.92 Å². The van der Waals surface area contributed by atoms with E-state index >= 15 is 0 Å². The lowest BCUT2D eigenvalue weighted by atomic mass is 9.93. The van der Waals surface area contributed by atoms with Crippen molar-refractivity contribution in [3.63, 3.8) is 0 Å². The Morgan fingerprint density at radius 1 is 1.07 bits per heavy atom. The highest BCUT2D eigenvalue weighted by Crippen LogP contribution is 2.54. The van der Waals surface area contributed by atoms with Crippen LogP contribution in [0.4, 0.5) is 43.9 Å². The monoisotopic (exact) mass is 422 g/mol. The van der Waals surface area contributed by atoms with E-state index in [0.29, 0.717) is 0 Å². The van der Waals surface area contributed by atoms with Gasteiger partial charge in [0.25, 0.3) is 0 Å². The number of hydrogen-bond donors (Lipinski definition) is 0. The summed E-state index contributed by atoms with van der Waals surface area (Å²) in [5.74, 6) is -21.4. The average Bonchev–Trinajstić information content (AvgIpc) is 2.43. The molecule has 1 rings (SSSR count). The van der Waals surface area contributed by atoms with Gasteiger partial charge in [0.05, 0.1) is 0 Å². The van der Waals surface area contributed by atoms with Gasteiger partial charge in [-0.25, -0.2) is 4.79 Å². The van der Waals surface area contributed by atoms with E-state index in [2.05, 4.69) is 20.8 Å². The number of rotatable bonds is 3. The molecule has 0 spiro atoms. The van der Waals surface area contributed by atoms with Crippen molar-refractivity contribution in [3.05, 3.63) is 12.2 Å². The van der Waals surface area contributed by atoms with E-state index in [1.807, 2.05) is 0 Å². The molecule has 0 bridgehead atoms. The molecule has 0 aromatic carbocycles. The van der Waals surface area contributed by atoms with E-state index < -0.39 is 60.2 Å². The molecule has 0 radical (unpaired) electrons. The third kappa shape index (κ3) is 3.96. The van der Waals surface area contributed by atoms with E-state index in [1.54, 1.807) is 0 Å². The molecule has 0 N–H and O–H groups in total. The van der Waals surface area contributed by atoms with Gasteiger partial charge < -0.3 is 14.2 Å². The molecule has 0 aromatic heterocycles. The van der Waals surface area contributed by atoms with Crippen LogP contribution in [0.25, 0.3) is 0 Å². The first-order chi connectivity index (χ1) is 11.8. The molecule has 1 saturated heterocycles. The molecule has 0 amide bonds. The fraction of sp³-hybridized carbons (Fsp3) is 0.667. The van der Waals surface area contributed by atoms with Gasteiger partial charge in [-0.3, -0.25) is 4.79 Å². The van der Waals surface area contributed by atoms with Crippen molar-refractivity contribution < 1.29 is 67.7 Å². The van der Waals surface area contributed by atoms with E-state index in [1.165, 1.54) is 0 Å². The second-order valence-corrected chi connectivity index (χ2v) is 5.14. The summed E-state index contributed by atoms with van der Waals surface area (Å²) in [5.41, 5.74) is -2.54. The topological polar surface area (TPSA) is 61.8 Å². The first-order valence-corrected chi connectivity index (χ1v) is 6.42. The number of ether oxygens (including phenoxy) is 3. The maximum atomic E-state index is 14.3. The van der Waals surface area contributed by atoms with E-state index in [9.17, 15) is 53.5 Å². The largest absolute Gasteiger partial charge is 0.462 e. The van der Waals surface area contributed by atoms with Crippen LogP contribution in [-0.4, -0.2) is 54.6 Å². The summed E-state index contributed by atoms with van der Waals surface area (Å²) in [7, 11) is 0. The number of alkyl halides is 10. The van der Waals surface area contributed by atoms with Crippen LogP contribution >= 0.6 is 0 Å². The fourth-order valence-electron chi connectivity index (χ4n) is 1.89. The van der Waals surface area contributed by atoms with Crippen LogP contribution in [0.2, 0.25) is 0 Å². The number of carbonyl (C=O) groups is 2. The van der Waals surface area contributed by atoms with Gasteiger partial charge in [0.2, 0.25) is 6.10 Å². The Morgan fingerprint density at radius 2 is 1.56 bits per heavy atom. The molecule has 27 heavy (non-hydrogen) atoms. The van der Waals surface area contributed by atoms with E-state index in [-0.39, 0.29) is 6.92 Å². The van der Waals surface area contributed by atoms with Crippen LogP contribution in [-0.2, 0) is 23.8 Å². The Hall–Kier alpha value is -2.06. The molecule has 0 aromatic rings. The molecular formula is C12H8F10O5. The highest BCUT2D eigenvalue weighted by Gasteiger charge is 2.84. The highest BCUT2D eigenvalue weighted by molar-refractivity contribution is 5.89. The summed E-state index contributed by atoms with van der Waals surface area (Å²) in [5, 5.41) is 0. The molecule has 156 valence electrons.